The van der Waals surface area contributed by atoms with Crippen LogP contribution >= 0.6 is 0 Å². The van der Waals surface area contributed by atoms with Gasteiger partial charge < -0.3 is 4.74 Å². The summed E-state index contributed by atoms with van der Waals surface area (Å²) in [6.07, 6.45) is 0. The monoisotopic (exact) mass is 188 g/mol. The van der Waals surface area contributed by atoms with E-state index in [-0.39, 0.29) is 18.8 Å². The lowest BCUT2D eigenvalue weighted by molar-refractivity contribution is 0.415. The molecule has 0 spiro atoms. The zero-order valence-corrected chi connectivity index (χ0v) is 6.43. The van der Waals surface area contributed by atoms with Crippen LogP contribution < -0.4 is 4.74 Å². The second kappa shape index (κ2) is 12.4. The van der Waals surface area contributed by atoms with Gasteiger partial charge in [0.15, 0.2) is 0 Å². The Hall–Kier alpha value is -1.26. The SMILES string of the molecule is COc1ccccc1.F.F.F.F. The quantitative estimate of drug-likeness (QED) is 0.614. The zero-order valence-electron chi connectivity index (χ0n) is 6.43. The summed E-state index contributed by atoms with van der Waals surface area (Å²) in [6, 6.07) is 9.68. The number of para-hydroxylation sites is 1. The van der Waals surface area contributed by atoms with Gasteiger partial charge in [0, 0.05) is 0 Å². The van der Waals surface area contributed by atoms with Gasteiger partial charge in [-0.15, -0.1) is 0 Å². The summed E-state index contributed by atoms with van der Waals surface area (Å²) in [5, 5.41) is 0. The maximum atomic E-state index is 4.91. The van der Waals surface area contributed by atoms with Crippen LogP contribution in [-0.4, -0.2) is 7.11 Å². The normalized spacial score (nSPS) is 5.75. The van der Waals surface area contributed by atoms with Crippen LogP contribution in [0.3, 0.4) is 0 Å². The van der Waals surface area contributed by atoms with Crippen LogP contribution in [0.5, 0.6) is 5.75 Å². The van der Waals surface area contributed by atoms with E-state index >= 15 is 0 Å². The molecule has 1 aromatic carbocycles. The van der Waals surface area contributed by atoms with Crippen molar-refractivity contribution < 1.29 is 23.6 Å². The van der Waals surface area contributed by atoms with Gasteiger partial charge in [-0.2, -0.15) is 0 Å². The van der Waals surface area contributed by atoms with E-state index in [0.717, 1.165) is 5.75 Å². The maximum Gasteiger partial charge on any atom is 0.118 e. The van der Waals surface area contributed by atoms with Gasteiger partial charge in [0.05, 0.1) is 7.11 Å². The second-order valence-corrected chi connectivity index (χ2v) is 1.52. The highest BCUT2D eigenvalue weighted by molar-refractivity contribution is 5.20. The Morgan fingerprint density at radius 3 is 1.50 bits per heavy atom. The first-order valence-electron chi connectivity index (χ1n) is 2.52. The van der Waals surface area contributed by atoms with Gasteiger partial charge in [-0.25, -0.2) is 0 Å². The van der Waals surface area contributed by atoms with Gasteiger partial charge in [0.2, 0.25) is 0 Å². The van der Waals surface area contributed by atoms with Crippen LogP contribution in [-0.2, 0) is 0 Å². The Bertz CT molecular complexity index is 157. The molecule has 0 heterocycles. The molecule has 12 heavy (non-hydrogen) atoms. The molecule has 0 N–H and O–H groups in total. The molecule has 0 fully saturated rings. The third-order valence-electron chi connectivity index (χ3n) is 0.979. The number of rotatable bonds is 1. The van der Waals surface area contributed by atoms with E-state index in [2.05, 4.69) is 0 Å². The van der Waals surface area contributed by atoms with E-state index in [1.165, 1.54) is 0 Å². The van der Waals surface area contributed by atoms with E-state index < -0.39 is 0 Å². The minimum absolute atomic E-state index is 0. The van der Waals surface area contributed by atoms with Crippen molar-refractivity contribution in [1.82, 2.24) is 0 Å². The number of halogens is 4. The predicted molar refractivity (Wildman–Crippen MR) is 43.0 cm³/mol. The van der Waals surface area contributed by atoms with E-state index in [9.17, 15) is 0 Å². The number of methoxy groups -OCH3 is 1. The Labute approximate surface area is 67.8 Å². The Balaban J connectivity index is -0.0000000800. The van der Waals surface area contributed by atoms with Gasteiger partial charge in [-0.05, 0) is 12.1 Å². The molecule has 0 aliphatic rings. The van der Waals surface area contributed by atoms with Crippen molar-refractivity contribution in [3.63, 3.8) is 0 Å². The van der Waals surface area contributed by atoms with Crippen molar-refractivity contribution in [2.45, 2.75) is 0 Å². The molecule has 0 saturated carbocycles. The first-order valence-corrected chi connectivity index (χ1v) is 2.52. The fraction of sp³-hybridized carbons (Fsp3) is 0.143. The van der Waals surface area contributed by atoms with Gasteiger partial charge in [0.25, 0.3) is 0 Å². The molecule has 1 aromatic rings. The van der Waals surface area contributed by atoms with E-state index in [4.69, 9.17) is 4.74 Å². The fourth-order valence-electron chi connectivity index (χ4n) is 0.557. The van der Waals surface area contributed by atoms with Crippen LogP contribution in [0.2, 0.25) is 0 Å². The molecule has 0 aliphatic carbocycles. The first-order chi connectivity index (χ1) is 3.93. The van der Waals surface area contributed by atoms with Crippen molar-refractivity contribution in [3.8, 4) is 5.75 Å². The van der Waals surface area contributed by atoms with Crippen molar-refractivity contribution in [2.24, 2.45) is 0 Å². The van der Waals surface area contributed by atoms with Crippen LogP contribution in [0.1, 0.15) is 0 Å². The van der Waals surface area contributed by atoms with Gasteiger partial charge in [0.1, 0.15) is 5.75 Å². The molecule has 0 unspecified atom stereocenters. The summed E-state index contributed by atoms with van der Waals surface area (Å²) >= 11 is 0. The molecule has 0 atom stereocenters. The highest BCUT2D eigenvalue weighted by atomic mass is 19.0. The predicted octanol–water partition coefficient (Wildman–Crippen LogP) is 2.31. The Kier molecular flexibility index (Phi) is 23.2. The Morgan fingerprint density at radius 1 is 0.833 bits per heavy atom. The molecular weight excluding hydrogens is 176 g/mol. The van der Waals surface area contributed by atoms with Crippen LogP contribution in [0.25, 0.3) is 0 Å². The minimum atomic E-state index is 0. The smallest absolute Gasteiger partial charge is 0.118 e. The van der Waals surface area contributed by atoms with E-state index in [1.807, 2.05) is 30.3 Å². The molecule has 5 heteroatoms. The van der Waals surface area contributed by atoms with Gasteiger partial charge in [-0.3, -0.25) is 18.8 Å². The molecule has 0 saturated heterocycles. The number of ether oxygens (including phenoxy) is 1. The highest BCUT2D eigenvalue weighted by Crippen LogP contribution is 2.05. The molecule has 74 valence electrons. The summed E-state index contributed by atoms with van der Waals surface area (Å²) < 4.78 is 4.91. The Morgan fingerprint density at radius 2 is 1.25 bits per heavy atom. The van der Waals surface area contributed by atoms with Crippen molar-refractivity contribution in [1.29, 1.82) is 0 Å². The topological polar surface area (TPSA) is 9.23 Å². The summed E-state index contributed by atoms with van der Waals surface area (Å²) in [5.41, 5.74) is 0. The standard InChI is InChI=1S/C7H8O.4FH/c1-8-7-5-3-2-4-6-7;;;;/h2-6H,1H3;4*1H. The van der Waals surface area contributed by atoms with Crippen molar-refractivity contribution >= 4 is 0 Å². The van der Waals surface area contributed by atoms with Crippen LogP contribution in [0.15, 0.2) is 30.3 Å². The molecule has 0 bridgehead atoms. The molecule has 0 aromatic heterocycles. The lowest BCUT2D eigenvalue weighted by atomic mass is 10.3. The molecule has 1 nitrogen and oxygen atoms in total. The third kappa shape index (κ3) is 6.85. The summed E-state index contributed by atoms with van der Waals surface area (Å²) in [4.78, 5) is 0. The zero-order chi connectivity index (χ0) is 5.82. The largest absolute Gasteiger partial charge is 0.497 e. The summed E-state index contributed by atoms with van der Waals surface area (Å²) in [7, 11) is 1.66. The molecular formula is C7H12F4O. The first kappa shape index (κ1) is 22.4. The summed E-state index contributed by atoms with van der Waals surface area (Å²) in [6.45, 7) is 0. The van der Waals surface area contributed by atoms with Crippen molar-refractivity contribution in [3.05, 3.63) is 30.3 Å². The average molecular weight is 188 g/mol. The van der Waals surface area contributed by atoms with E-state index in [1.54, 1.807) is 7.11 Å². The van der Waals surface area contributed by atoms with E-state index in [0.29, 0.717) is 0 Å². The van der Waals surface area contributed by atoms with Crippen LogP contribution in [0.4, 0.5) is 18.8 Å². The maximum absolute atomic E-state index is 4.91. The number of benzene rings is 1. The lowest BCUT2D eigenvalue weighted by Gasteiger charge is -1.93. The van der Waals surface area contributed by atoms with Crippen LogP contribution in [0, 0.1) is 0 Å². The lowest BCUT2D eigenvalue weighted by Crippen LogP contribution is -1.78. The molecule has 0 aliphatic heterocycles. The average Bonchev–Trinajstić information content (AvgIpc) is 1.90. The number of hydrogen-bond acceptors (Lipinski definition) is 1. The molecule has 0 radical (unpaired) electrons. The third-order valence-corrected chi connectivity index (χ3v) is 0.979. The minimum Gasteiger partial charge on any atom is -0.497 e. The van der Waals surface area contributed by atoms with Gasteiger partial charge in [-0.1, -0.05) is 18.2 Å². The summed E-state index contributed by atoms with van der Waals surface area (Å²) in [5.74, 6) is 0.910. The molecule has 1 rings (SSSR count). The number of hydrogen-bond donors (Lipinski definition) is 0. The fourth-order valence-corrected chi connectivity index (χ4v) is 0.557. The van der Waals surface area contributed by atoms with Gasteiger partial charge >= 0.3 is 0 Å². The highest BCUT2D eigenvalue weighted by Gasteiger charge is 1.80. The second-order valence-electron chi connectivity index (χ2n) is 1.52. The molecule has 0 amide bonds. The van der Waals surface area contributed by atoms with Crippen molar-refractivity contribution in [2.75, 3.05) is 7.11 Å².